The zero-order chi connectivity index (χ0) is 34.2. The second-order valence-electron chi connectivity index (χ2n) is 10.1. The molecule has 0 aromatic heterocycles. The molecule has 3 rings (SSSR count). The van der Waals surface area contributed by atoms with Crippen LogP contribution in [0.3, 0.4) is 0 Å². The molecule has 0 saturated heterocycles. The Balaban J connectivity index is 2.03. The van der Waals surface area contributed by atoms with Gasteiger partial charge >= 0.3 is 25.9 Å². The second-order valence-corrected chi connectivity index (χ2v) is 14.9. The molecule has 0 spiro atoms. The zero-order valence-electron chi connectivity index (χ0n) is 25.6. The number of halogens is 2. The molecule has 15 nitrogen and oxygen atoms in total. The predicted molar refractivity (Wildman–Crippen MR) is 168 cm³/mol. The lowest BCUT2D eigenvalue weighted by Crippen LogP contribution is -2.36. The molecule has 0 fully saturated rings. The summed E-state index contributed by atoms with van der Waals surface area (Å²) in [5.41, 5.74) is 1.15. The van der Waals surface area contributed by atoms with Crippen molar-refractivity contribution in [2.45, 2.75) is 51.2 Å². The van der Waals surface area contributed by atoms with Crippen molar-refractivity contribution in [3.63, 3.8) is 0 Å². The fourth-order valence-electron chi connectivity index (χ4n) is 4.03. The van der Waals surface area contributed by atoms with Gasteiger partial charge in [0.05, 0.1) is 22.8 Å². The minimum absolute atomic E-state index is 0.00120. The number of nitrogens with zero attached hydrogens (tertiary/aromatic N) is 2. The summed E-state index contributed by atoms with van der Waals surface area (Å²) in [7, 11) is -7.82. The quantitative estimate of drug-likeness (QED) is 0.143. The van der Waals surface area contributed by atoms with Crippen LogP contribution in [0.25, 0.3) is 0 Å². The van der Waals surface area contributed by atoms with E-state index in [0.717, 1.165) is 16.4 Å². The molecule has 0 bridgehead atoms. The van der Waals surface area contributed by atoms with Crippen LogP contribution in [0.4, 0.5) is 25.8 Å². The minimum atomic E-state index is -4.67. The molecular weight excluding hydrogens is 692 g/mol. The van der Waals surface area contributed by atoms with Gasteiger partial charge in [-0.25, -0.2) is 22.8 Å². The predicted octanol–water partition coefficient (Wildman–Crippen LogP) is 6.11. The first-order chi connectivity index (χ1) is 21.5. The number of hydrogen-bond donors (Lipinski definition) is 1. The second kappa shape index (κ2) is 16.0. The summed E-state index contributed by atoms with van der Waals surface area (Å²) in [5, 5.41) is 2.56. The number of benzene rings is 2. The molecule has 0 atom stereocenters. The van der Waals surface area contributed by atoms with Crippen molar-refractivity contribution in [1.82, 2.24) is 5.32 Å². The molecule has 0 aliphatic carbocycles. The molecule has 46 heavy (non-hydrogen) atoms. The summed E-state index contributed by atoms with van der Waals surface area (Å²) in [4.78, 5) is 37.2. The van der Waals surface area contributed by atoms with Gasteiger partial charge in [0, 0.05) is 29.3 Å². The van der Waals surface area contributed by atoms with E-state index in [4.69, 9.17) is 51.2 Å². The van der Waals surface area contributed by atoms with Crippen LogP contribution >= 0.6 is 30.8 Å². The van der Waals surface area contributed by atoms with Crippen LogP contribution in [-0.2, 0) is 49.0 Å². The highest BCUT2D eigenvalue weighted by Crippen LogP contribution is 2.51. The number of anilines is 2. The molecule has 19 heteroatoms. The average Bonchev–Trinajstić information content (AvgIpc) is 3.37. The fraction of sp³-hybridized carbons (Fsp3) is 0.444. The molecule has 0 radical (unpaired) electrons. The van der Waals surface area contributed by atoms with Crippen LogP contribution in [0.5, 0.6) is 0 Å². The van der Waals surface area contributed by atoms with Crippen LogP contribution in [0.1, 0.15) is 33.3 Å². The third kappa shape index (κ3) is 10.1. The fourth-order valence-corrected chi connectivity index (χ4v) is 8.06. The van der Waals surface area contributed by atoms with Crippen molar-refractivity contribution in [3.05, 3.63) is 52.0 Å². The SMILES string of the molecule is CNC(=O)N1CCc2cc(N(CP(=O)(OCOC(=O)OC(C)C)OCOC(=O)OC(C)C)S(=O)(=O)c3cc(Cl)cc(Cl)c3)ccc21. The summed E-state index contributed by atoms with van der Waals surface area (Å²) < 4.78 is 73.0. The van der Waals surface area contributed by atoms with Gasteiger partial charge in [-0.15, -0.1) is 0 Å². The Morgan fingerprint density at radius 1 is 0.935 bits per heavy atom. The van der Waals surface area contributed by atoms with E-state index in [9.17, 15) is 27.4 Å². The maximum Gasteiger partial charge on any atom is 0.510 e. The molecule has 2 amide bonds. The maximum absolute atomic E-state index is 14.1. The van der Waals surface area contributed by atoms with Crippen LogP contribution in [0, 0.1) is 0 Å². The number of rotatable bonds is 13. The lowest BCUT2D eigenvalue weighted by molar-refractivity contribution is -0.0301. The average molecular weight is 727 g/mol. The maximum atomic E-state index is 14.1. The largest absolute Gasteiger partial charge is 0.510 e. The van der Waals surface area contributed by atoms with E-state index < -0.39 is 62.0 Å². The van der Waals surface area contributed by atoms with Crippen molar-refractivity contribution in [3.8, 4) is 0 Å². The molecule has 0 saturated carbocycles. The van der Waals surface area contributed by atoms with Crippen LogP contribution in [-0.4, -0.2) is 72.4 Å². The topological polar surface area (TPSA) is 176 Å². The summed E-state index contributed by atoms with van der Waals surface area (Å²) in [6.45, 7) is 4.63. The van der Waals surface area contributed by atoms with Crippen molar-refractivity contribution in [2.75, 3.05) is 42.7 Å². The first kappa shape index (κ1) is 37.2. The molecule has 2 aromatic carbocycles. The van der Waals surface area contributed by atoms with E-state index in [-0.39, 0.29) is 26.7 Å². The van der Waals surface area contributed by atoms with Gasteiger partial charge in [-0.1, -0.05) is 23.2 Å². The van der Waals surface area contributed by atoms with Gasteiger partial charge in [0.15, 0.2) is 0 Å². The van der Waals surface area contributed by atoms with Gasteiger partial charge in [-0.2, -0.15) is 0 Å². The Hall–Kier alpha value is -3.27. The molecule has 1 N–H and O–H groups in total. The van der Waals surface area contributed by atoms with Gasteiger partial charge in [-0.3, -0.25) is 22.8 Å². The van der Waals surface area contributed by atoms with Crippen LogP contribution in [0.15, 0.2) is 41.3 Å². The molecule has 1 aliphatic rings. The van der Waals surface area contributed by atoms with Crippen molar-refractivity contribution < 1.29 is 55.4 Å². The van der Waals surface area contributed by atoms with E-state index in [1.165, 1.54) is 36.2 Å². The van der Waals surface area contributed by atoms with Gasteiger partial charge < -0.3 is 24.3 Å². The number of carbonyl (C=O) groups is 3. The Morgan fingerprint density at radius 3 is 1.98 bits per heavy atom. The summed E-state index contributed by atoms with van der Waals surface area (Å²) in [6, 6.07) is 7.66. The Bertz CT molecular complexity index is 1540. The van der Waals surface area contributed by atoms with E-state index in [0.29, 0.717) is 24.2 Å². The third-order valence-corrected chi connectivity index (χ3v) is 9.95. The third-order valence-electron chi connectivity index (χ3n) is 5.95. The number of ether oxygens (including phenoxy) is 4. The Kier molecular flexibility index (Phi) is 13.0. The molecule has 0 unspecified atom stereocenters. The first-order valence-corrected chi connectivity index (χ1v) is 17.6. The summed E-state index contributed by atoms with van der Waals surface area (Å²) >= 11 is 12.2. The molecule has 1 heterocycles. The molecule has 1 aliphatic heterocycles. The van der Waals surface area contributed by atoms with Gasteiger partial charge in [-0.05, 0) is 76.1 Å². The van der Waals surface area contributed by atoms with E-state index in [1.54, 1.807) is 27.7 Å². The number of hydrogen-bond acceptors (Lipinski definition) is 12. The van der Waals surface area contributed by atoms with Crippen molar-refractivity contribution in [1.29, 1.82) is 0 Å². The smallest absolute Gasteiger partial charge is 0.432 e. The first-order valence-electron chi connectivity index (χ1n) is 13.7. The van der Waals surface area contributed by atoms with Crippen LogP contribution < -0.4 is 14.5 Å². The zero-order valence-corrected chi connectivity index (χ0v) is 28.8. The highest BCUT2D eigenvalue weighted by Gasteiger charge is 2.38. The number of urea groups is 1. The Morgan fingerprint density at radius 2 is 1.48 bits per heavy atom. The normalized spacial score (nSPS) is 12.9. The van der Waals surface area contributed by atoms with Crippen molar-refractivity contribution >= 4 is 70.5 Å². The van der Waals surface area contributed by atoms with Gasteiger partial charge in [0.25, 0.3) is 10.0 Å². The van der Waals surface area contributed by atoms with E-state index in [1.807, 2.05) is 0 Å². The Labute approximate surface area is 276 Å². The lowest BCUT2D eigenvalue weighted by Gasteiger charge is -2.29. The number of amides is 2. The standard InChI is InChI=1S/C27H34Cl2N3O12PS/c1-17(2)43-26(34)39-15-41-45(36,42-16-40-27(35)44-18(3)4)14-32(46(37,38)23-12-20(28)11-21(29)13-23)22-6-7-24-19(10-22)8-9-31(24)25(33)30-5/h6-7,10-13,17-18H,8-9,14-16H2,1-5H3,(H,30,33). The number of fused-ring (bicyclic) bond motifs is 1. The van der Waals surface area contributed by atoms with E-state index >= 15 is 0 Å². The summed E-state index contributed by atoms with van der Waals surface area (Å²) in [6.07, 6.45) is -4.02. The molecule has 2 aromatic rings. The highest BCUT2D eigenvalue weighted by atomic mass is 35.5. The van der Waals surface area contributed by atoms with Gasteiger partial charge in [0.2, 0.25) is 13.6 Å². The lowest BCUT2D eigenvalue weighted by atomic mass is 10.1. The number of carbonyl (C=O) groups excluding carboxylic acids is 3. The summed E-state index contributed by atoms with van der Waals surface area (Å²) in [5.74, 6) is 0. The van der Waals surface area contributed by atoms with Crippen molar-refractivity contribution in [2.24, 2.45) is 0 Å². The van der Waals surface area contributed by atoms with E-state index in [2.05, 4.69) is 5.32 Å². The highest BCUT2D eigenvalue weighted by molar-refractivity contribution is 7.93. The van der Waals surface area contributed by atoms with Gasteiger partial charge in [0.1, 0.15) is 6.29 Å². The van der Waals surface area contributed by atoms with Crippen LogP contribution in [0.2, 0.25) is 10.0 Å². The number of sulfonamides is 1. The molecule has 254 valence electrons. The minimum Gasteiger partial charge on any atom is -0.432 e. The monoisotopic (exact) mass is 725 g/mol. The number of nitrogens with one attached hydrogen (secondary N) is 1. The molecular formula is C27H34Cl2N3O12PS.